The van der Waals surface area contributed by atoms with E-state index in [0.29, 0.717) is 18.8 Å². The van der Waals surface area contributed by atoms with Crippen molar-refractivity contribution in [2.24, 2.45) is 0 Å². The van der Waals surface area contributed by atoms with Crippen LogP contribution >= 0.6 is 0 Å². The zero-order valence-corrected chi connectivity index (χ0v) is 13.6. The molecule has 21 heavy (non-hydrogen) atoms. The lowest BCUT2D eigenvalue weighted by molar-refractivity contribution is 0.0805. The molecule has 1 saturated heterocycles. The highest BCUT2D eigenvalue weighted by atomic mass is 16.5. The minimum absolute atomic E-state index is 0.255. The van der Waals surface area contributed by atoms with Crippen LogP contribution in [0.5, 0.6) is 5.75 Å². The van der Waals surface area contributed by atoms with Gasteiger partial charge in [-0.2, -0.15) is 0 Å². The van der Waals surface area contributed by atoms with Gasteiger partial charge in [-0.1, -0.05) is 18.2 Å². The average Bonchev–Trinajstić information content (AvgIpc) is 2.92. The number of hydrogen-bond donors (Lipinski definition) is 1. The molecule has 0 aromatic heterocycles. The van der Waals surface area contributed by atoms with Crippen molar-refractivity contribution in [3.05, 3.63) is 29.8 Å². The standard InChI is InChI=1S/C17H28N2O2/c1-5-20-17-9-7-6-8-14(17)15(18-3)12-19(4)16-10-11-21-13(16)2/h6-9,13,15-16,18H,5,10-12H2,1-4H3. The Bertz CT molecular complexity index is 439. The van der Waals surface area contributed by atoms with Gasteiger partial charge < -0.3 is 14.8 Å². The molecule has 0 spiro atoms. The second-order valence-electron chi connectivity index (χ2n) is 5.68. The van der Waals surface area contributed by atoms with Gasteiger partial charge in [0.25, 0.3) is 0 Å². The van der Waals surface area contributed by atoms with E-state index in [1.54, 1.807) is 0 Å². The summed E-state index contributed by atoms with van der Waals surface area (Å²) in [5.74, 6) is 0.975. The van der Waals surface area contributed by atoms with E-state index in [2.05, 4.69) is 36.3 Å². The van der Waals surface area contributed by atoms with Gasteiger partial charge >= 0.3 is 0 Å². The van der Waals surface area contributed by atoms with Crippen LogP contribution in [0.25, 0.3) is 0 Å². The molecule has 1 aromatic rings. The van der Waals surface area contributed by atoms with E-state index < -0.39 is 0 Å². The summed E-state index contributed by atoms with van der Waals surface area (Å²) in [6.45, 7) is 6.69. The maximum Gasteiger partial charge on any atom is 0.124 e. The first kappa shape index (κ1) is 16.3. The van der Waals surface area contributed by atoms with Gasteiger partial charge in [0.15, 0.2) is 0 Å². The van der Waals surface area contributed by atoms with Crippen molar-refractivity contribution in [3.8, 4) is 5.75 Å². The van der Waals surface area contributed by atoms with Crippen LogP contribution in [0.3, 0.4) is 0 Å². The first-order valence-corrected chi connectivity index (χ1v) is 7.88. The van der Waals surface area contributed by atoms with Gasteiger partial charge in [0, 0.05) is 30.8 Å². The number of hydrogen-bond acceptors (Lipinski definition) is 4. The summed E-state index contributed by atoms with van der Waals surface area (Å²) in [6.07, 6.45) is 1.43. The fraction of sp³-hybridized carbons (Fsp3) is 0.647. The highest BCUT2D eigenvalue weighted by Gasteiger charge is 2.29. The van der Waals surface area contributed by atoms with Crippen molar-refractivity contribution >= 4 is 0 Å². The quantitative estimate of drug-likeness (QED) is 0.837. The molecule has 3 unspecified atom stereocenters. The third-order valence-electron chi connectivity index (χ3n) is 4.32. The van der Waals surface area contributed by atoms with Crippen molar-refractivity contribution in [2.75, 3.05) is 33.9 Å². The second kappa shape index (κ2) is 7.78. The SMILES string of the molecule is CCOc1ccccc1C(CN(C)C1CCOC1C)NC. The van der Waals surface area contributed by atoms with Crippen LogP contribution in [0.1, 0.15) is 31.9 Å². The molecule has 3 atom stereocenters. The molecule has 118 valence electrons. The summed E-state index contributed by atoms with van der Waals surface area (Å²) < 4.78 is 11.4. The Kier molecular flexibility index (Phi) is 6.03. The van der Waals surface area contributed by atoms with E-state index in [1.165, 1.54) is 5.56 Å². The second-order valence-corrected chi connectivity index (χ2v) is 5.68. The van der Waals surface area contributed by atoms with E-state index in [4.69, 9.17) is 9.47 Å². The zero-order chi connectivity index (χ0) is 15.2. The molecule has 0 radical (unpaired) electrons. The van der Waals surface area contributed by atoms with E-state index >= 15 is 0 Å². The molecule has 1 heterocycles. The van der Waals surface area contributed by atoms with Gasteiger partial charge in [0.1, 0.15) is 5.75 Å². The smallest absolute Gasteiger partial charge is 0.124 e. The van der Waals surface area contributed by atoms with Crippen molar-refractivity contribution in [3.63, 3.8) is 0 Å². The van der Waals surface area contributed by atoms with Crippen molar-refractivity contribution < 1.29 is 9.47 Å². The third kappa shape index (κ3) is 3.96. The van der Waals surface area contributed by atoms with Crippen LogP contribution in [0, 0.1) is 0 Å². The fourth-order valence-corrected chi connectivity index (χ4v) is 3.12. The number of nitrogens with one attached hydrogen (secondary N) is 1. The molecule has 1 aliphatic rings. The van der Waals surface area contributed by atoms with Crippen molar-refractivity contribution in [1.82, 2.24) is 10.2 Å². The fourth-order valence-electron chi connectivity index (χ4n) is 3.12. The molecule has 1 N–H and O–H groups in total. The lowest BCUT2D eigenvalue weighted by Crippen LogP contribution is -2.41. The van der Waals surface area contributed by atoms with Crippen molar-refractivity contribution in [1.29, 1.82) is 0 Å². The Morgan fingerprint density at radius 3 is 2.81 bits per heavy atom. The van der Waals surface area contributed by atoms with Crippen LogP contribution in [0.4, 0.5) is 0 Å². The maximum atomic E-state index is 5.76. The molecule has 0 bridgehead atoms. The number of nitrogens with zero attached hydrogens (tertiary/aromatic N) is 1. The largest absolute Gasteiger partial charge is 0.494 e. The van der Waals surface area contributed by atoms with Crippen molar-refractivity contribution in [2.45, 2.75) is 38.5 Å². The summed E-state index contributed by atoms with van der Waals surface area (Å²) in [5.41, 5.74) is 1.22. The highest BCUT2D eigenvalue weighted by Crippen LogP contribution is 2.27. The first-order valence-electron chi connectivity index (χ1n) is 7.88. The van der Waals surface area contributed by atoms with Crippen LogP contribution < -0.4 is 10.1 Å². The molecule has 1 aliphatic heterocycles. The summed E-state index contributed by atoms with van der Waals surface area (Å²) in [6, 6.07) is 9.05. The normalized spacial score (nSPS) is 23.5. The molecule has 0 amide bonds. The summed E-state index contributed by atoms with van der Waals surface area (Å²) >= 11 is 0. The Labute approximate surface area is 128 Å². The minimum Gasteiger partial charge on any atom is -0.494 e. The average molecular weight is 292 g/mol. The lowest BCUT2D eigenvalue weighted by atomic mass is 10.0. The van der Waals surface area contributed by atoms with E-state index in [0.717, 1.165) is 25.3 Å². The van der Waals surface area contributed by atoms with Gasteiger partial charge in [0.2, 0.25) is 0 Å². The Morgan fingerprint density at radius 2 is 2.19 bits per heavy atom. The van der Waals surface area contributed by atoms with Gasteiger partial charge in [-0.15, -0.1) is 0 Å². The highest BCUT2D eigenvalue weighted by molar-refractivity contribution is 5.36. The zero-order valence-electron chi connectivity index (χ0n) is 13.6. The van der Waals surface area contributed by atoms with Gasteiger partial charge in [-0.3, -0.25) is 4.90 Å². The Morgan fingerprint density at radius 1 is 1.43 bits per heavy atom. The summed E-state index contributed by atoms with van der Waals surface area (Å²) in [7, 11) is 4.19. The monoisotopic (exact) mass is 292 g/mol. The summed E-state index contributed by atoms with van der Waals surface area (Å²) in [5, 5.41) is 3.42. The topological polar surface area (TPSA) is 33.7 Å². The van der Waals surface area contributed by atoms with Crippen LogP contribution in [-0.2, 0) is 4.74 Å². The van der Waals surface area contributed by atoms with Crippen LogP contribution in [-0.4, -0.2) is 50.9 Å². The first-order chi connectivity index (χ1) is 10.2. The third-order valence-corrected chi connectivity index (χ3v) is 4.32. The molecular weight excluding hydrogens is 264 g/mol. The van der Waals surface area contributed by atoms with E-state index in [1.807, 2.05) is 26.1 Å². The van der Waals surface area contributed by atoms with Crippen LogP contribution in [0.2, 0.25) is 0 Å². The van der Waals surface area contributed by atoms with E-state index in [-0.39, 0.29) is 6.04 Å². The van der Waals surface area contributed by atoms with Gasteiger partial charge in [0.05, 0.1) is 12.7 Å². The van der Waals surface area contributed by atoms with Gasteiger partial charge in [-0.05, 0) is 40.4 Å². The molecule has 1 fully saturated rings. The number of benzene rings is 1. The predicted octanol–water partition coefficient (Wildman–Crippen LogP) is 2.46. The molecule has 4 nitrogen and oxygen atoms in total. The lowest BCUT2D eigenvalue weighted by Gasteiger charge is -2.31. The number of para-hydroxylation sites is 1. The number of likely N-dealkylation sites (N-methyl/N-ethyl adjacent to an activating group) is 2. The molecule has 1 aromatic carbocycles. The Hall–Kier alpha value is -1.10. The molecular formula is C17H28N2O2. The molecule has 2 rings (SSSR count). The van der Waals surface area contributed by atoms with Gasteiger partial charge in [-0.25, -0.2) is 0 Å². The van der Waals surface area contributed by atoms with E-state index in [9.17, 15) is 0 Å². The number of ether oxygens (including phenoxy) is 2. The molecule has 0 saturated carbocycles. The molecule has 4 heteroatoms. The molecule has 0 aliphatic carbocycles. The van der Waals surface area contributed by atoms with Crippen LogP contribution in [0.15, 0.2) is 24.3 Å². The maximum absolute atomic E-state index is 5.76. The minimum atomic E-state index is 0.255. The summed E-state index contributed by atoms with van der Waals surface area (Å²) in [4.78, 5) is 2.40. The predicted molar refractivity (Wildman–Crippen MR) is 85.9 cm³/mol. The number of rotatable bonds is 7. The Balaban J connectivity index is 2.09.